The molecule has 91 heavy (non-hydrogen) atoms. The van der Waals surface area contributed by atoms with E-state index in [0.29, 0.717) is 0 Å². The van der Waals surface area contributed by atoms with Crippen LogP contribution in [0.5, 0.6) is 0 Å². The molecule has 0 bridgehead atoms. The van der Waals surface area contributed by atoms with Gasteiger partial charge in [0.05, 0.1) is 30.8 Å². The molecule has 1 aromatic carbocycles. The molecule has 1 aliphatic rings. The highest BCUT2D eigenvalue weighted by Gasteiger charge is 2.43. The minimum atomic E-state index is -2.48. The van der Waals surface area contributed by atoms with Crippen molar-refractivity contribution in [1.29, 1.82) is 0 Å². The van der Waals surface area contributed by atoms with Crippen LogP contribution in [-0.4, -0.2) is 184 Å². The number of aliphatic imine (C=N–C) groups is 1. The Balaban J connectivity index is 3.13. The van der Waals surface area contributed by atoms with E-state index >= 15 is 4.79 Å². The summed E-state index contributed by atoms with van der Waals surface area (Å²) in [6.45, 7) is 21.9. The molecular weight excluding hydrogens is 1180 g/mol. The summed E-state index contributed by atoms with van der Waals surface area (Å²) < 4.78 is 0. The van der Waals surface area contributed by atoms with Crippen LogP contribution in [0.1, 0.15) is 147 Å². The van der Waals surface area contributed by atoms with E-state index in [1.165, 1.54) is 38.1 Å². The Hall–Kier alpha value is -8.03. The van der Waals surface area contributed by atoms with E-state index in [1.807, 2.05) is 20.8 Å². The number of aliphatic hydroxyl groups excluding tert-OH is 3. The van der Waals surface area contributed by atoms with Crippen LogP contribution in [0.4, 0.5) is 0 Å². The van der Waals surface area contributed by atoms with E-state index in [0.717, 1.165) is 13.8 Å². The maximum absolute atomic E-state index is 15.5. The molecule has 0 spiro atoms. The number of nitrogens with zero attached hydrogens (tertiary/aromatic N) is 1. The number of carbonyl (C=O) groups excluding carboxylic acids is 12. The first kappa shape index (κ1) is 79.1. The molecule has 31 nitrogen and oxygen atoms in total. The summed E-state index contributed by atoms with van der Waals surface area (Å²) in [6, 6.07) is -11.0. The number of guanidine groups is 1. The summed E-state index contributed by atoms with van der Waals surface area (Å²) in [5, 5.41) is 60.9. The molecule has 0 radical (unpaired) electrons. The molecule has 15 atom stereocenters. The summed E-state index contributed by atoms with van der Waals surface area (Å²) in [5.74, 6) is -15.6. The Kier molecular flexibility index (Phi) is 31.4. The third-order valence-corrected chi connectivity index (χ3v) is 14.7. The van der Waals surface area contributed by atoms with Crippen LogP contribution >= 0.6 is 0 Å². The number of hydrogen-bond acceptors (Lipinski definition) is 17. The first-order chi connectivity index (χ1) is 42.1. The van der Waals surface area contributed by atoms with Crippen LogP contribution in [0, 0.1) is 28.6 Å². The molecule has 1 aromatic rings. The molecule has 0 saturated carbocycles. The lowest BCUT2D eigenvalue weighted by Crippen LogP contribution is -2.65. The Morgan fingerprint density at radius 3 is 1.70 bits per heavy atom. The van der Waals surface area contributed by atoms with Crippen LogP contribution in [0.25, 0.3) is 0 Å². The number of primary amides is 1. The van der Waals surface area contributed by atoms with Gasteiger partial charge in [-0.2, -0.15) is 0 Å². The molecule has 22 N–H and O–H groups in total. The minimum Gasteiger partial charge on any atom is -0.391 e. The van der Waals surface area contributed by atoms with Crippen molar-refractivity contribution in [3.8, 4) is 0 Å². The summed E-state index contributed by atoms with van der Waals surface area (Å²) in [4.78, 5) is 175. The fourth-order valence-electron chi connectivity index (χ4n) is 9.57. The van der Waals surface area contributed by atoms with Gasteiger partial charge in [-0.15, -0.1) is 0 Å². The zero-order valence-electron chi connectivity index (χ0n) is 54.9. The van der Waals surface area contributed by atoms with Gasteiger partial charge in [-0.1, -0.05) is 120 Å². The quantitative estimate of drug-likeness (QED) is 0.0336. The standard InChI is InChI=1S/C60H102N16O15/c1-15-30(6)39-54(88)73-40(32(8)77)53(87)66-27-38(78)71-44(46(80)47(62)81)56(90)67-31(7)48(82)74-41(33-20-17-16-18-21-33)42(75-52(86)37(26-60(12,13)14)70-49(83)34(61)25-59(9,10)11)55(89)76-43(45(79)29(4)5)57(91)69-36(24-28(2)3)51(85)68-35(50(84)72-39)22-19-23-65-58(63)64/h16-18,20-21,28-32,34-37,39-46,77,79-80H,15,19,22-27,61H2,1-14H3,(H2,62,81)(H,66,87)(H,67,90)(H,68,85)(H,69,91)(H,70,83)(H,71,78)(H,72,84)(H,73,88)(H,74,82)(H,75,86)(H,76,89)(H4,63,64,65)/t30-,31-,32-,34+,35+,36-,37-,39-,40-,41+,42-,43-,44-,45+,46-/m0/s1. The molecular formula is C60H102N16O15. The van der Waals surface area contributed by atoms with Gasteiger partial charge in [0.1, 0.15) is 54.4 Å². The second-order valence-electron chi connectivity index (χ2n) is 26.4. The van der Waals surface area contributed by atoms with E-state index in [9.17, 15) is 68.1 Å². The minimum absolute atomic E-state index is 0.0343. The number of benzene rings is 1. The van der Waals surface area contributed by atoms with Gasteiger partial charge in [0.15, 0.2) is 12.1 Å². The summed E-state index contributed by atoms with van der Waals surface area (Å²) in [6.07, 6.45) is -5.75. The summed E-state index contributed by atoms with van der Waals surface area (Å²) >= 11 is 0. The third kappa shape index (κ3) is 26.8. The van der Waals surface area contributed by atoms with Gasteiger partial charge in [0, 0.05) is 6.54 Å². The lowest BCUT2D eigenvalue weighted by Gasteiger charge is -2.35. The van der Waals surface area contributed by atoms with Gasteiger partial charge >= 0.3 is 0 Å². The Morgan fingerprint density at radius 1 is 0.637 bits per heavy atom. The molecule has 1 fully saturated rings. The molecule has 1 aliphatic heterocycles. The Bertz CT molecular complexity index is 2710. The van der Waals surface area contributed by atoms with E-state index in [4.69, 9.17) is 22.9 Å². The van der Waals surface area contributed by atoms with Gasteiger partial charge in [-0.3, -0.25) is 62.5 Å². The predicted octanol–water partition coefficient (Wildman–Crippen LogP) is -4.05. The van der Waals surface area contributed by atoms with Gasteiger partial charge in [0.25, 0.3) is 0 Å². The normalized spacial score (nSPS) is 24.8. The van der Waals surface area contributed by atoms with Gasteiger partial charge in [-0.25, -0.2) is 0 Å². The largest absolute Gasteiger partial charge is 0.391 e. The highest BCUT2D eigenvalue weighted by molar-refractivity contribution is 6.00. The molecule has 12 amide bonds. The van der Waals surface area contributed by atoms with Crippen LogP contribution in [-0.2, 0) is 57.5 Å². The number of aliphatic hydroxyl groups is 3. The lowest BCUT2D eigenvalue weighted by molar-refractivity contribution is -0.140. The van der Waals surface area contributed by atoms with Crippen molar-refractivity contribution in [2.45, 2.75) is 220 Å². The zero-order chi connectivity index (χ0) is 69.6. The molecule has 31 heteroatoms. The summed E-state index contributed by atoms with van der Waals surface area (Å²) in [5.41, 5.74) is 21.8. The molecule has 512 valence electrons. The monoisotopic (exact) mass is 1290 g/mol. The smallest absolute Gasteiger partial charge is 0.248 e. The molecule has 0 aromatic heterocycles. The van der Waals surface area contributed by atoms with Crippen molar-refractivity contribution in [2.24, 2.45) is 56.5 Å². The molecule has 0 unspecified atom stereocenters. The van der Waals surface area contributed by atoms with E-state index in [2.05, 4.69) is 63.5 Å². The SMILES string of the molecule is CC[C@H](C)[C@@H]1NC(=O)[C@@H](CCCN=C(N)N)NC(=O)[C@H](CC(C)C)NC(=O)[C@H]([C@H](O)C(C)C)NC(=O)[C@@H](NC(=O)[C@H](CC(C)(C)C)NC(=O)[C@H](N)CC(C)(C)C)[C@@H](c2ccccc2)NC(=O)[C@H](C)NC(=O)[C@H]([C@H](O)C(N)=O)NC(=O)CNC(=O)[C@H]([C@H](C)O)NC1=O. The van der Waals surface area contributed by atoms with Crippen molar-refractivity contribution < 1.29 is 72.9 Å². The maximum atomic E-state index is 15.5. The van der Waals surface area contributed by atoms with E-state index in [1.54, 1.807) is 54.5 Å². The highest BCUT2D eigenvalue weighted by Crippen LogP contribution is 2.25. The second kappa shape index (κ2) is 36.1. The second-order valence-corrected chi connectivity index (χ2v) is 26.4. The third-order valence-electron chi connectivity index (χ3n) is 14.7. The average molecular weight is 1290 g/mol. The Labute approximate surface area is 532 Å². The number of hydrogen-bond donors (Lipinski definition) is 18. The molecule has 2 rings (SSSR count). The number of carbonyl (C=O) groups is 12. The van der Waals surface area contributed by atoms with Crippen molar-refractivity contribution in [3.05, 3.63) is 35.9 Å². The van der Waals surface area contributed by atoms with Crippen LogP contribution < -0.4 is 81.4 Å². The average Bonchev–Trinajstić information content (AvgIpc) is 0.945. The maximum Gasteiger partial charge on any atom is 0.248 e. The highest BCUT2D eigenvalue weighted by atomic mass is 16.3. The van der Waals surface area contributed by atoms with Crippen LogP contribution in [0.2, 0.25) is 0 Å². The number of amides is 12. The topological polar surface area (TPSA) is 514 Å². The van der Waals surface area contributed by atoms with E-state index < -0.39 is 185 Å². The predicted molar refractivity (Wildman–Crippen MR) is 336 cm³/mol. The van der Waals surface area contributed by atoms with Crippen molar-refractivity contribution >= 4 is 76.8 Å². The fourth-order valence-corrected chi connectivity index (χ4v) is 9.57. The number of nitrogens with one attached hydrogen (secondary N) is 11. The van der Waals surface area contributed by atoms with Crippen molar-refractivity contribution in [1.82, 2.24) is 58.5 Å². The Morgan fingerprint density at radius 2 is 1.18 bits per heavy atom. The van der Waals surface area contributed by atoms with Crippen LogP contribution in [0.3, 0.4) is 0 Å². The first-order valence-electron chi connectivity index (χ1n) is 30.6. The fraction of sp³-hybridized carbons (Fsp3) is 0.683. The molecule has 0 aliphatic carbocycles. The number of rotatable bonds is 20. The van der Waals surface area contributed by atoms with Gasteiger partial charge in [-0.05, 0) is 80.1 Å². The molecule has 1 saturated heterocycles. The van der Waals surface area contributed by atoms with Crippen molar-refractivity contribution in [2.75, 3.05) is 13.1 Å². The van der Waals surface area contributed by atoms with Gasteiger partial charge in [0.2, 0.25) is 70.9 Å². The summed E-state index contributed by atoms with van der Waals surface area (Å²) in [7, 11) is 0. The van der Waals surface area contributed by atoms with E-state index in [-0.39, 0.29) is 62.5 Å². The van der Waals surface area contributed by atoms with Gasteiger partial charge < -0.3 is 96.7 Å². The molecule has 1 heterocycles. The first-order valence-corrected chi connectivity index (χ1v) is 30.6. The van der Waals surface area contributed by atoms with Crippen LogP contribution in [0.15, 0.2) is 35.3 Å². The van der Waals surface area contributed by atoms with Crippen molar-refractivity contribution in [3.63, 3.8) is 0 Å². The number of nitrogens with two attached hydrogens (primary N) is 4. The lowest BCUT2D eigenvalue weighted by atomic mass is 9.86. The zero-order valence-corrected chi connectivity index (χ0v) is 54.9.